The summed E-state index contributed by atoms with van der Waals surface area (Å²) >= 11 is 1.47. The lowest BCUT2D eigenvalue weighted by Gasteiger charge is -2.10. The fraction of sp³-hybridized carbons (Fsp3) is 0.300. The molecule has 0 spiro atoms. The van der Waals surface area contributed by atoms with Gasteiger partial charge in [0.15, 0.2) is 11.0 Å². The van der Waals surface area contributed by atoms with E-state index < -0.39 is 0 Å². The highest BCUT2D eigenvalue weighted by Gasteiger charge is 2.17. The number of rotatable bonds is 9. The standard InChI is InChI=1S/C20H22N4O3S/c1-3-4-13-23-19(15-9-11-17(27-2)12-10-15)21-22-20(23)28-14-16-7-5-6-8-18(16)24(25)26/h5-12H,3-4,13-14H2,1-2H3. The summed E-state index contributed by atoms with van der Waals surface area (Å²) in [6.07, 6.45) is 2.05. The predicted molar refractivity (Wildman–Crippen MR) is 110 cm³/mol. The van der Waals surface area contributed by atoms with Gasteiger partial charge >= 0.3 is 0 Å². The van der Waals surface area contributed by atoms with Gasteiger partial charge in [-0.05, 0) is 30.7 Å². The van der Waals surface area contributed by atoms with Gasteiger partial charge in [0.05, 0.1) is 12.0 Å². The second kappa shape index (κ2) is 9.36. The van der Waals surface area contributed by atoms with E-state index in [2.05, 4.69) is 21.7 Å². The number of aromatic nitrogens is 3. The van der Waals surface area contributed by atoms with E-state index in [0.29, 0.717) is 11.3 Å². The van der Waals surface area contributed by atoms with Crippen LogP contribution in [0.5, 0.6) is 5.75 Å². The highest BCUT2D eigenvalue weighted by Crippen LogP contribution is 2.30. The molecule has 0 unspecified atom stereocenters. The van der Waals surface area contributed by atoms with Crippen LogP contribution in [-0.2, 0) is 12.3 Å². The molecule has 28 heavy (non-hydrogen) atoms. The van der Waals surface area contributed by atoms with E-state index >= 15 is 0 Å². The molecular weight excluding hydrogens is 376 g/mol. The maximum atomic E-state index is 11.2. The second-order valence-corrected chi connectivity index (χ2v) is 7.16. The zero-order valence-electron chi connectivity index (χ0n) is 15.9. The van der Waals surface area contributed by atoms with Crippen LogP contribution in [0.25, 0.3) is 11.4 Å². The van der Waals surface area contributed by atoms with Crippen molar-refractivity contribution in [3.05, 3.63) is 64.2 Å². The first-order valence-corrected chi connectivity index (χ1v) is 10.0. The number of nitro groups is 1. The van der Waals surface area contributed by atoms with Crippen LogP contribution in [0.15, 0.2) is 53.7 Å². The van der Waals surface area contributed by atoms with E-state index in [-0.39, 0.29) is 10.6 Å². The molecule has 3 rings (SSSR count). The molecule has 0 N–H and O–H groups in total. The Morgan fingerprint density at radius 2 is 1.89 bits per heavy atom. The van der Waals surface area contributed by atoms with Gasteiger partial charge in [-0.2, -0.15) is 0 Å². The quantitative estimate of drug-likeness (QED) is 0.288. The number of para-hydroxylation sites is 1. The summed E-state index contributed by atoms with van der Waals surface area (Å²) in [5.41, 5.74) is 1.76. The smallest absolute Gasteiger partial charge is 0.273 e. The minimum Gasteiger partial charge on any atom is -0.497 e. The van der Waals surface area contributed by atoms with Gasteiger partial charge in [-0.1, -0.05) is 43.3 Å². The molecule has 1 aromatic heterocycles. The third-order valence-electron chi connectivity index (χ3n) is 4.35. The lowest BCUT2D eigenvalue weighted by atomic mass is 10.2. The molecule has 0 aliphatic rings. The Morgan fingerprint density at radius 1 is 1.14 bits per heavy atom. The van der Waals surface area contributed by atoms with Gasteiger partial charge in [0.1, 0.15) is 5.75 Å². The first kappa shape index (κ1) is 19.9. The molecule has 0 atom stereocenters. The van der Waals surface area contributed by atoms with Gasteiger partial charge in [0, 0.05) is 29.5 Å². The van der Waals surface area contributed by atoms with E-state index in [0.717, 1.165) is 41.7 Å². The van der Waals surface area contributed by atoms with Crippen LogP contribution in [0.3, 0.4) is 0 Å². The Morgan fingerprint density at radius 3 is 2.57 bits per heavy atom. The van der Waals surface area contributed by atoms with Gasteiger partial charge in [-0.25, -0.2) is 0 Å². The van der Waals surface area contributed by atoms with Crippen LogP contribution < -0.4 is 4.74 Å². The molecule has 146 valence electrons. The van der Waals surface area contributed by atoms with Crippen molar-refractivity contribution in [3.63, 3.8) is 0 Å². The summed E-state index contributed by atoms with van der Waals surface area (Å²) in [4.78, 5) is 10.9. The Hall–Kier alpha value is -2.87. The number of unbranched alkanes of at least 4 members (excludes halogenated alkanes) is 1. The lowest BCUT2D eigenvalue weighted by molar-refractivity contribution is -0.385. The fourth-order valence-electron chi connectivity index (χ4n) is 2.82. The topological polar surface area (TPSA) is 83.1 Å². The lowest BCUT2D eigenvalue weighted by Crippen LogP contribution is -2.03. The van der Waals surface area contributed by atoms with Gasteiger partial charge in [-0.3, -0.25) is 10.1 Å². The third-order valence-corrected chi connectivity index (χ3v) is 5.36. The number of hydrogen-bond donors (Lipinski definition) is 0. The van der Waals surface area contributed by atoms with Crippen molar-refractivity contribution in [2.24, 2.45) is 0 Å². The van der Waals surface area contributed by atoms with E-state index in [9.17, 15) is 10.1 Å². The molecule has 0 fully saturated rings. The average Bonchev–Trinajstić information content (AvgIpc) is 3.13. The zero-order valence-corrected chi connectivity index (χ0v) is 16.7. The number of ether oxygens (including phenoxy) is 1. The minimum absolute atomic E-state index is 0.130. The van der Waals surface area contributed by atoms with Crippen molar-refractivity contribution in [1.82, 2.24) is 14.8 Å². The second-order valence-electron chi connectivity index (χ2n) is 6.21. The molecular formula is C20H22N4O3S. The predicted octanol–water partition coefficient (Wildman–Crippen LogP) is 4.95. The first-order chi connectivity index (χ1) is 13.6. The number of benzene rings is 2. The summed E-state index contributed by atoms with van der Waals surface area (Å²) in [6.45, 7) is 2.93. The molecule has 2 aromatic carbocycles. The van der Waals surface area contributed by atoms with Crippen LogP contribution in [0.2, 0.25) is 0 Å². The van der Waals surface area contributed by atoms with Crippen LogP contribution in [-0.4, -0.2) is 26.8 Å². The molecule has 1 heterocycles. The van der Waals surface area contributed by atoms with E-state index in [4.69, 9.17) is 4.74 Å². The van der Waals surface area contributed by atoms with Gasteiger partial charge in [0.25, 0.3) is 5.69 Å². The summed E-state index contributed by atoms with van der Waals surface area (Å²) in [6, 6.07) is 14.5. The number of hydrogen-bond acceptors (Lipinski definition) is 6. The maximum Gasteiger partial charge on any atom is 0.273 e. The molecule has 0 saturated heterocycles. The van der Waals surface area contributed by atoms with Crippen molar-refractivity contribution in [1.29, 1.82) is 0 Å². The maximum absolute atomic E-state index is 11.2. The normalized spacial score (nSPS) is 10.8. The number of methoxy groups -OCH3 is 1. The minimum atomic E-state index is -0.347. The van der Waals surface area contributed by atoms with Crippen LogP contribution in [0, 0.1) is 10.1 Å². The summed E-state index contributed by atoms with van der Waals surface area (Å²) in [5, 5.41) is 20.7. The molecule has 8 heteroatoms. The Labute approximate surface area is 167 Å². The summed E-state index contributed by atoms with van der Waals surface area (Å²) in [5.74, 6) is 2.04. The Bertz CT molecular complexity index is 941. The molecule has 0 bridgehead atoms. The Balaban J connectivity index is 1.86. The summed E-state index contributed by atoms with van der Waals surface area (Å²) in [7, 11) is 1.64. The summed E-state index contributed by atoms with van der Waals surface area (Å²) < 4.78 is 7.31. The van der Waals surface area contributed by atoms with Crippen LogP contribution >= 0.6 is 11.8 Å². The molecule has 0 amide bonds. The number of thioether (sulfide) groups is 1. The van der Waals surface area contributed by atoms with Gasteiger partial charge in [0.2, 0.25) is 0 Å². The Kier molecular flexibility index (Phi) is 6.65. The average molecular weight is 398 g/mol. The molecule has 0 radical (unpaired) electrons. The highest BCUT2D eigenvalue weighted by atomic mass is 32.2. The van der Waals surface area contributed by atoms with E-state index in [1.54, 1.807) is 19.2 Å². The van der Waals surface area contributed by atoms with Crippen molar-refractivity contribution in [2.75, 3.05) is 7.11 Å². The van der Waals surface area contributed by atoms with Gasteiger partial charge < -0.3 is 9.30 Å². The fourth-order valence-corrected chi connectivity index (χ4v) is 3.78. The molecule has 7 nitrogen and oxygen atoms in total. The highest BCUT2D eigenvalue weighted by molar-refractivity contribution is 7.98. The first-order valence-electron chi connectivity index (χ1n) is 9.06. The van der Waals surface area contributed by atoms with Gasteiger partial charge in [-0.15, -0.1) is 10.2 Å². The van der Waals surface area contributed by atoms with Crippen molar-refractivity contribution in [2.45, 2.75) is 37.2 Å². The van der Waals surface area contributed by atoms with E-state index in [1.165, 1.54) is 17.8 Å². The molecule has 0 aliphatic carbocycles. The third kappa shape index (κ3) is 4.51. The SMILES string of the molecule is CCCCn1c(SCc2ccccc2[N+](=O)[O-])nnc1-c1ccc(OC)cc1. The monoisotopic (exact) mass is 398 g/mol. The number of nitro benzene ring substituents is 1. The molecule has 3 aromatic rings. The van der Waals surface area contributed by atoms with Crippen LogP contribution in [0.4, 0.5) is 5.69 Å². The largest absolute Gasteiger partial charge is 0.497 e. The zero-order chi connectivity index (χ0) is 19.9. The molecule has 0 saturated carbocycles. The van der Waals surface area contributed by atoms with Crippen LogP contribution in [0.1, 0.15) is 25.3 Å². The van der Waals surface area contributed by atoms with Crippen molar-refractivity contribution in [3.8, 4) is 17.1 Å². The van der Waals surface area contributed by atoms with Crippen molar-refractivity contribution < 1.29 is 9.66 Å². The van der Waals surface area contributed by atoms with E-state index in [1.807, 2.05) is 30.3 Å². The van der Waals surface area contributed by atoms with Crippen molar-refractivity contribution >= 4 is 17.4 Å². The number of nitrogens with zero attached hydrogens (tertiary/aromatic N) is 4. The molecule has 0 aliphatic heterocycles.